The van der Waals surface area contributed by atoms with Crippen molar-refractivity contribution in [3.63, 3.8) is 0 Å². The highest BCUT2D eigenvalue weighted by Gasteiger charge is 2.26. The van der Waals surface area contributed by atoms with Crippen LogP contribution in [-0.4, -0.2) is 9.97 Å². The zero-order valence-corrected chi connectivity index (χ0v) is 19.0. The van der Waals surface area contributed by atoms with E-state index in [0.717, 1.165) is 10.0 Å². The molecule has 0 aliphatic rings. The summed E-state index contributed by atoms with van der Waals surface area (Å²) >= 11 is 3.42. The number of thiazole rings is 2. The first kappa shape index (κ1) is 19.3. The molecule has 2 aromatic carbocycles. The number of aromatic nitrogens is 2. The number of hydrogen-bond donors (Lipinski definition) is 0. The number of hydrogen-bond acceptors (Lipinski definition) is 4. The third-order valence-electron chi connectivity index (χ3n) is 5.11. The predicted octanol–water partition coefficient (Wildman–Crippen LogP) is 7.68. The van der Waals surface area contributed by atoms with Crippen molar-refractivity contribution in [1.29, 1.82) is 0 Å². The molecule has 144 valence electrons. The second kappa shape index (κ2) is 6.78. The van der Waals surface area contributed by atoms with E-state index in [1.165, 1.54) is 33.0 Å². The highest BCUT2D eigenvalue weighted by Crippen LogP contribution is 2.45. The number of rotatable bonds is 2. The molecule has 0 atom stereocenters. The maximum Gasteiger partial charge on any atom is 0.124 e. The van der Waals surface area contributed by atoms with E-state index in [4.69, 9.17) is 0 Å². The standard InChI is InChI=1S/C24H26N2S2/c1-23(2,3)17-9-7-16-15(19(17)21-25-11-13-27-21)8-10-18(24(4,5)6)20(16)22-26-12-14-28-22/h7-14H,1-6H3. The summed E-state index contributed by atoms with van der Waals surface area (Å²) < 4.78 is 0. The van der Waals surface area contributed by atoms with Gasteiger partial charge < -0.3 is 0 Å². The average molecular weight is 407 g/mol. The Hall–Kier alpha value is -2.04. The SMILES string of the molecule is CC(C)(C)c1ccc2c(-c3nccs3)c(C(C)(C)C)ccc2c1-c1nccs1. The van der Waals surface area contributed by atoms with Crippen LogP contribution in [0.5, 0.6) is 0 Å². The van der Waals surface area contributed by atoms with E-state index in [1.54, 1.807) is 22.7 Å². The summed E-state index contributed by atoms with van der Waals surface area (Å²) in [6.07, 6.45) is 3.80. The molecule has 0 N–H and O–H groups in total. The smallest absolute Gasteiger partial charge is 0.124 e. The monoisotopic (exact) mass is 406 g/mol. The third kappa shape index (κ3) is 3.29. The maximum atomic E-state index is 4.68. The van der Waals surface area contributed by atoms with Crippen molar-refractivity contribution >= 4 is 33.4 Å². The molecule has 0 saturated carbocycles. The molecule has 0 unspecified atom stereocenters. The highest BCUT2D eigenvalue weighted by molar-refractivity contribution is 7.13. The number of nitrogens with zero attached hydrogens (tertiary/aromatic N) is 2. The molecule has 4 heteroatoms. The van der Waals surface area contributed by atoms with Crippen LogP contribution in [0.4, 0.5) is 0 Å². The molecule has 0 amide bonds. The van der Waals surface area contributed by atoms with E-state index >= 15 is 0 Å². The van der Waals surface area contributed by atoms with Crippen molar-refractivity contribution in [2.75, 3.05) is 0 Å². The zero-order chi connectivity index (χ0) is 20.1. The van der Waals surface area contributed by atoms with Crippen molar-refractivity contribution < 1.29 is 0 Å². The molecule has 2 nitrogen and oxygen atoms in total. The van der Waals surface area contributed by atoms with Crippen LogP contribution in [0.2, 0.25) is 0 Å². The van der Waals surface area contributed by atoms with Crippen molar-refractivity contribution in [3.05, 3.63) is 58.5 Å². The van der Waals surface area contributed by atoms with Gasteiger partial charge in [-0.25, -0.2) is 9.97 Å². The van der Waals surface area contributed by atoms with Crippen molar-refractivity contribution in [3.8, 4) is 21.1 Å². The molecule has 2 aromatic heterocycles. The second-order valence-electron chi connectivity index (χ2n) is 9.25. The number of benzene rings is 2. The molecule has 0 saturated heterocycles. The van der Waals surface area contributed by atoms with Gasteiger partial charge in [-0.3, -0.25) is 0 Å². The summed E-state index contributed by atoms with van der Waals surface area (Å²) in [5.41, 5.74) is 5.28. The largest absolute Gasteiger partial charge is 0.245 e. The minimum absolute atomic E-state index is 0.0409. The summed E-state index contributed by atoms with van der Waals surface area (Å²) in [6, 6.07) is 9.17. The average Bonchev–Trinajstić information content (AvgIpc) is 3.31. The molecule has 0 spiro atoms. The van der Waals surface area contributed by atoms with Crippen molar-refractivity contribution in [2.45, 2.75) is 52.4 Å². The van der Waals surface area contributed by atoms with E-state index in [9.17, 15) is 0 Å². The lowest BCUT2D eigenvalue weighted by atomic mass is 9.78. The van der Waals surface area contributed by atoms with Gasteiger partial charge in [-0.05, 0) is 32.7 Å². The quantitative estimate of drug-likeness (QED) is 0.341. The van der Waals surface area contributed by atoms with Crippen LogP contribution in [0.3, 0.4) is 0 Å². The summed E-state index contributed by atoms with van der Waals surface area (Å²) in [4.78, 5) is 9.36. The molecule has 4 aromatic rings. The first-order valence-corrected chi connectivity index (χ1v) is 11.3. The molecule has 0 radical (unpaired) electrons. The van der Waals surface area contributed by atoms with Gasteiger partial charge in [-0.15, -0.1) is 22.7 Å². The molecule has 0 fully saturated rings. The summed E-state index contributed by atoms with van der Waals surface area (Å²) in [6.45, 7) is 13.6. The normalized spacial score (nSPS) is 12.6. The van der Waals surface area contributed by atoms with Gasteiger partial charge in [0.2, 0.25) is 0 Å². The van der Waals surface area contributed by atoms with Gasteiger partial charge in [0.25, 0.3) is 0 Å². The minimum Gasteiger partial charge on any atom is -0.245 e. The minimum atomic E-state index is 0.0409. The van der Waals surface area contributed by atoms with Gasteiger partial charge >= 0.3 is 0 Å². The Bertz CT molecular complexity index is 1020. The van der Waals surface area contributed by atoms with Crippen LogP contribution in [0, 0.1) is 0 Å². The first-order valence-electron chi connectivity index (χ1n) is 9.58. The van der Waals surface area contributed by atoms with E-state index < -0.39 is 0 Å². The van der Waals surface area contributed by atoms with E-state index in [2.05, 4.69) is 86.5 Å². The van der Waals surface area contributed by atoms with Crippen LogP contribution < -0.4 is 0 Å². The number of fused-ring (bicyclic) bond motifs is 1. The first-order chi connectivity index (χ1) is 13.2. The molecule has 0 bridgehead atoms. The van der Waals surface area contributed by atoms with Gasteiger partial charge in [0.05, 0.1) is 0 Å². The van der Waals surface area contributed by atoms with Gasteiger partial charge in [0.15, 0.2) is 0 Å². The van der Waals surface area contributed by atoms with Gasteiger partial charge in [-0.2, -0.15) is 0 Å². The van der Waals surface area contributed by atoms with Gasteiger partial charge in [0.1, 0.15) is 10.0 Å². The van der Waals surface area contributed by atoms with Crippen LogP contribution >= 0.6 is 22.7 Å². The van der Waals surface area contributed by atoms with Crippen molar-refractivity contribution in [2.24, 2.45) is 0 Å². The predicted molar refractivity (Wildman–Crippen MR) is 124 cm³/mol. The Morgan fingerprint density at radius 1 is 0.607 bits per heavy atom. The molecular formula is C24H26N2S2. The fourth-order valence-electron chi connectivity index (χ4n) is 3.81. The molecule has 28 heavy (non-hydrogen) atoms. The zero-order valence-electron chi connectivity index (χ0n) is 17.3. The summed E-state index contributed by atoms with van der Waals surface area (Å²) in [5.74, 6) is 0. The lowest BCUT2D eigenvalue weighted by Crippen LogP contribution is -2.15. The van der Waals surface area contributed by atoms with E-state index in [-0.39, 0.29) is 10.8 Å². The Morgan fingerprint density at radius 3 is 1.29 bits per heavy atom. The third-order valence-corrected chi connectivity index (χ3v) is 6.69. The summed E-state index contributed by atoms with van der Waals surface area (Å²) in [7, 11) is 0. The van der Waals surface area contributed by atoms with Crippen LogP contribution in [0.25, 0.3) is 31.9 Å². The van der Waals surface area contributed by atoms with Crippen LogP contribution in [-0.2, 0) is 10.8 Å². The lowest BCUT2D eigenvalue weighted by molar-refractivity contribution is 0.591. The van der Waals surface area contributed by atoms with Crippen LogP contribution in [0.15, 0.2) is 47.4 Å². The Kier molecular flexibility index (Phi) is 4.67. The fraction of sp³-hybridized carbons (Fsp3) is 0.333. The highest BCUT2D eigenvalue weighted by atomic mass is 32.1. The molecule has 0 aliphatic heterocycles. The molecule has 4 rings (SSSR count). The van der Waals surface area contributed by atoms with Gasteiger partial charge in [-0.1, -0.05) is 65.8 Å². The summed E-state index contributed by atoms with van der Waals surface area (Å²) in [5, 5.41) is 8.83. The Morgan fingerprint density at radius 2 is 1.00 bits per heavy atom. The molecule has 2 heterocycles. The van der Waals surface area contributed by atoms with Crippen LogP contribution in [0.1, 0.15) is 52.7 Å². The Balaban J connectivity index is 2.16. The van der Waals surface area contributed by atoms with E-state index in [1.807, 2.05) is 12.4 Å². The molecule has 0 aliphatic carbocycles. The maximum absolute atomic E-state index is 4.68. The second-order valence-corrected chi connectivity index (χ2v) is 11.0. The lowest BCUT2D eigenvalue weighted by Gasteiger charge is -2.27. The van der Waals surface area contributed by atoms with E-state index in [0.29, 0.717) is 0 Å². The topological polar surface area (TPSA) is 25.8 Å². The van der Waals surface area contributed by atoms with Gasteiger partial charge in [0, 0.05) is 34.3 Å². The Labute approximate surface area is 175 Å². The molecular weight excluding hydrogens is 380 g/mol. The fourth-order valence-corrected chi connectivity index (χ4v) is 5.23. The van der Waals surface area contributed by atoms with Crippen molar-refractivity contribution in [1.82, 2.24) is 9.97 Å².